The number of nitrogens with one attached hydrogen (secondary N) is 1. The van der Waals surface area contributed by atoms with Gasteiger partial charge in [-0.05, 0) is 24.5 Å². The summed E-state index contributed by atoms with van der Waals surface area (Å²) in [5.74, 6) is -1.17. The lowest BCUT2D eigenvalue weighted by Gasteiger charge is -2.17. The molecule has 5 heteroatoms. The summed E-state index contributed by atoms with van der Waals surface area (Å²) >= 11 is 3.44. The first-order valence-corrected chi connectivity index (χ1v) is 6.95. The van der Waals surface area contributed by atoms with Gasteiger partial charge in [0, 0.05) is 17.3 Å². The first kappa shape index (κ1) is 15.7. The van der Waals surface area contributed by atoms with E-state index in [4.69, 9.17) is 5.11 Å². The topological polar surface area (TPSA) is 66.4 Å². The lowest BCUT2D eigenvalue weighted by molar-refractivity contribution is -0.138. The highest BCUT2D eigenvalue weighted by Crippen LogP contribution is 2.23. The third-order valence-electron chi connectivity index (χ3n) is 2.81. The van der Waals surface area contributed by atoms with E-state index in [0.717, 1.165) is 10.0 Å². The fourth-order valence-electron chi connectivity index (χ4n) is 1.89. The highest BCUT2D eigenvalue weighted by molar-refractivity contribution is 9.10. The van der Waals surface area contributed by atoms with Gasteiger partial charge in [-0.2, -0.15) is 0 Å². The van der Waals surface area contributed by atoms with E-state index in [2.05, 4.69) is 21.2 Å². The molecule has 0 bridgehead atoms. The second-order valence-electron chi connectivity index (χ2n) is 4.72. The Kier molecular flexibility index (Phi) is 6.02. The van der Waals surface area contributed by atoms with E-state index >= 15 is 0 Å². The van der Waals surface area contributed by atoms with Crippen LogP contribution in [0.3, 0.4) is 0 Å². The molecule has 0 saturated heterocycles. The van der Waals surface area contributed by atoms with E-state index in [1.54, 1.807) is 6.92 Å². The number of carbonyl (C=O) groups excluding carboxylic acids is 1. The van der Waals surface area contributed by atoms with E-state index in [1.807, 2.05) is 31.2 Å². The van der Waals surface area contributed by atoms with Crippen LogP contribution in [0.1, 0.15) is 38.3 Å². The summed E-state index contributed by atoms with van der Waals surface area (Å²) < 4.78 is 0.946. The van der Waals surface area contributed by atoms with Crippen molar-refractivity contribution in [2.24, 2.45) is 5.92 Å². The molecule has 4 nitrogen and oxygen atoms in total. The minimum Gasteiger partial charge on any atom is -0.481 e. The van der Waals surface area contributed by atoms with E-state index in [1.165, 1.54) is 0 Å². The van der Waals surface area contributed by atoms with Gasteiger partial charge in [0.05, 0.1) is 6.04 Å². The first-order chi connectivity index (χ1) is 8.90. The molecular formula is C14H18BrNO3. The minimum atomic E-state index is -0.876. The molecular weight excluding hydrogens is 310 g/mol. The van der Waals surface area contributed by atoms with Crippen molar-refractivity contribution in [3.8, 4) is 0 Å². The fourth-order valence-corrected chi connectivity index (χ4v) is 2.52. The normalized spacial score (nSPS) is 13.6. The van der Waals surface area contributed by atoms with Gasteiger partial charge in [-0.15, -0.1) is 0 Å². The van der Waals surface area contributed by atoms with Crippen molar-refractivity contribution in [3.05, 3.63) is 34.3 Å². The van der Waals surface area contributed by atoms with Crippen LogP contribution in [0, 0.1) is 5.92 Å². The Bertz CT molecular complexity index is 462. The average Bonchev–Trinajstić information content (AvgIpc) is 2.27. The third kappa shape index (κ3) is 5.42. The largest absolute Gasteiger partial charge is 0.481 e. The van der Waals surface area contributed by atoms with Crippen molar-refractivity contribution in [2.75, 3.05) is 0 Å². The minimum absolute atomic E-state index is 0.0107. The van der Waals surface area contributed by atoms with Gasteiger partial charge < -0.3 is 10.4 Å². The maximum absolute atomic E-state index is 11.8. The summed E-state index contributed by atoms with van der Waals surface area (Å²) in [6.45, 7) is 3.66. The van der Waals surface area contributed by atoms with Crippen LogP contribution in [0.25, 0.3) is 0 Å². The second kappa shape index (κ2) is 7.28. The maximum Gasteiger partial charge on any atom is 0.303 e. The number of carbonyl (C=O) groups is 2. The lowest BCUT2D eigenvalue weighted by Crippen LogP contribution is -2.28. The van der Waals surface area contributed by atoms with Crippen molar-refractivity contribution >= 4 is 27.8 Å². The molecule has 1 unspecified atom stereocenters. The monoisotopic (exact) mass is 327 g/mol. The van der Waals surface area contributed by atoms with Gasteiger partial charge in [-0.25, -0.2) is 0 Å². The van der Waals surface area contributed by atoms with Gasteiger partial charge in [0.25, 0.3) is 0 Å². The second-order valence-corrected chi connectivity index (χ2v) is 5.57. The maximum atomic E-state index is 11.8. The van der Waals surface area contributed by atoms with Gasteiger partial charge in [0.2, 0.25) is 5.91 Å². The Morgan fingerprint density at radius 2 is 1.89 bits per heavy atom. The van der Waals surface area contributed by atoms with Crippen LogP contribution < -0.4 is 5.32 Å². The number of aliphatic carboxylic acids is 1. The van der Waals surface area contributed by atoms with Crippen LogP contribution in [0.5, 0.6) is 0 Å². The smallest absolute Gasteiger partial charge is 0.303 e. The number of hydrogen-bond acceptors (Lipinski definition) is 2. The molecule has 0 spiro atoms. The molecule has 1 amide bonds. The number of rotatable bonds is 6. The molecule has 104 valence electrons. The van der Waals surface area contributed by atoms with Crippen LogP contribution in [0.2, 0.25) is 0 Å². The predicted molar refractivity (Wildman–Crippen MR) is 76.7 cm³/mol. The summed E-state index contributed by atoms with van der Waals surface area (Å²) in [4.78, 5) is 22.4. The van der Waals surface area contributed by atoms with Crippen LogP contribution >= 0.6 is 15.9 Å². The number of hydrogen-bond donors (Lipinski definition) is 2. The Labute approximate surface area is 121 Å². The number of halogens is 1. The number of carboxylic acids is 1. The Balaban J connectivity index is 2.53. The SMILES string of the molecule is CC(CC(=O)O)CC(=O)N[C@@H](C)c1ccccc1Br. The molecule has 0 heterocycles. The summed E-state index contributed by atoms with van der Waals surface area (Å²) in [6, 6.07) is 7.58. The molecule has 0 fully saturated rings. The summed E-state index contributed by atoms with van der Waals surface area (Å²) in [7, 11) is 0. The molecule has 0 aliphatic heterocycles. The Morgan fingerprint density at radius 3 is 2.47 bits per heavy atom. The highest BCUT2D eigenvalue weighted by Gasteiger charge is 2.16. The molecule has 0 aromatic heterocycles. The molecule has 2 N–H and O–H groups in total. The van der Waals surface area contributed by atoms with Gasteiger partial charge >= 0.3 is 5.97 Å². The van der Waals surface area contributed by atoms with Crippen LogP contribution in [-0.4, -0.2) is 17.0 Å². The zero-order valence-corrected chi connectivity index (χ0v) is 12.6. The average molecular weight is 328 g/mol. The van der Waals surface area contributed by atoms with Crippen molar-refractivity contribution < 1.29 is 14.7 Å². The Hall–Kier alpha value is -1.36. The summed E-state index contributed by atoms with van der Waals surface area (Å²) in [5, 5.41) is 11.5. The lowest BCUT2D eigenvalue weighted by atomic mass is 10.0. The number of amides is 1. The molecule has 0 saturated carbocycles. The highest BCUT2D eigenvalue weighted by atomic mass is 79.9. The molecule has 0 radical (unpaired) electrons. The van der Waals surface area contributed by atoms with Crippen LogP contribution in [0.4, 0.5) is 0 Å². The van der Waals surface area contributed by atoms with E-state index < -0.39 is 5.97 Å². The third-order valence-corrected chi connectivity index (χ3v) is 3.53. The number of benzene rings is 1. The molecule has 2 atom stereocenters. The van der Waals surface area contributed by atoms with E-state index in [0.29, 0.717) is 0 Å². The van der Waals surface area contributed by atoms with Gasteiger partial charge in [-0.1, -0.05) is 41.1 Å². The quantitative estimate of drug-likeness (QED) is 0.843. The standard InChI is InChI=1S/C14H18BrNO3/c1-9(8-14(18)19)7-13(17)16-10(2)11-5-3-4-6-12(11)15/h3-6,9-10H,7-8H2,1-2H3,(H,16,17)(H,18,19)/t9?,10-/m0/s1. The molecule has 0 aliphatic carbocycles. The molecule has 1 aromatic carbocycles. The van der Waals surface area contributed by atoms with Crippen LogP contribution in [-0.2, 0) is 9.59 Å². The Morgan fingerprint density at radius 1 is 1.26 bits per heavy atom. The van der Waals surface area contributed by atoms with Crippen molar-refractivity contribution in [1.82, 2.24) is 5.32 Å². The summed E-state index contributed by atoms with van der Waals surface area (Å²) in [6.07, 6.45) is 0.234. The van der Waals surface area contributed by atoms with Crippen molar-refractivity contribution in [1.29, 1.82) is 0 Å². The molecule has 0 aliphatic rings. The van der Waals surface area contributed by atoms with Crippen molar-refractivity contribution in [3.63, 3.8) is 0 Å². The molecule has 19 heavy (non-hydrogen) atoms. The zero-order valence-electron chi connectivity index (χ0n) is 11.0. The van der Waals surface area contributed by atoms with Crippen LogP contribution in [0.15, 0.2) is 28.7 Å². The van der Waals surface area contributed by atoms with Crippen molar-refractivity contribution in [2.45, 2.75) is 32.7 Å². The molecule has 1 rings (SSSR count). The molecule has 1 aromatic rings. The first-order valence-electron chi connectivity index (χ1n) is 6.15. The summed E-state index contributed by atoms with van der Waals surface area (Å²) in [5.41, 5.74) is 1.00. The van der Waals surface area contributed by atoms with E-state index in [-0.39, 0.29) is 30.7 Å². The van der Waals surface area contributed by atoms with Gasteiger partial charge in [-0.3, -0.25) is 9.59 Å². The fraction of sp³-hybridized carbons (Fsp3) is 0.429. The van der Waals surface area contributed by atoms with Gasteiger partial charge in [0.1, 0.15) is 0 Å². The van der Waals surface area contributed by atoms with E-state index in [9.17, 15) is 9.59 Å². The number of carboxylic acid groups (broad SMARTS) is 1. The zero-order chi connectivity index (χ0) is 14.4. The van der Waals surface area contributed by atoms with Gasteiger partial charge in [0.15, 0.2) is 0 Å². The predicted octanol–water partition coefficient (Wildman–Crippen LogP) is 3.13.